The molecule has 5 rings (SSSR count). The van der Waals surface area contributed by atoms with Crippen molar-refractivity contribution in [3.8, 4) is 11.4 Å². The monoisotopic (exact) mass is 599 g/mol. The number of amides is 1. The predicted molar refractivity (Wildman–Crippen MR) is 171 cm³/mol. The van der Waals surface area contributed by atoms with Crippen molar-refractivity contribution in [3.05, 3.63) is 90.1 Å². The van der Waals surface area contributed by atoms with Gasteiger partial charge in [-0.2, -0.15) is 4.31 Å². The summed E-state index contributed by atoms with van der Waals surface area (Å²) >= 11 is 0. The number of rotatable bonds is 11. The van der Waals surface area contributed by atoms with E-state index < -0.39 is 10.0 Å². The number of sulfonamides is 1. The molecule has 1 N–H and O–H groups in total. The smallest absolute Gasteiger partial charge is 0.252 e. The zero-order chi connectivity index (χ0) is 30.4. The lowest BCUT2D eigenvalue weighted by atomic mass is 10.0. The Morgan fingerprint density at radius 1 is 1.00 bits per heavy atom. The summed E-state index contributed by atoms with van der Waals surface area (Å²) in [5.41, 5.74) is 3.41. The maximum Gasteiger partial charge on any atom is 0.252 e. The molecule has 1 saturated heterocycles. The lowest BCUT2D eigenvalue weighted by molar-refractivity contribution is 0.0952. The minimum absolute atomic E-state index is 0.185. The number of benzene rings is 2. The maximum absolute atomic E-state index is 13.7. The fourth-order valence-electron chi connectivity index (χ4n) is 5.49. The van der Waals surface area contributed by atoms with Crippen LogP contribution in [0.25, 0.3) is 22.3 Å². The Balaban J connectivity index is 1.38. The number of nitrogens with one attached hydrogen (secondary N) is 1. The van der Waals surface area contributed by atoms with Crippen molar-refractivity contribution in [3.63, 3.8) is 0 Å². The Hall–Kier alpha value is -3.66. The molecule has 8 nitrogen and oxygen atoms in total. The Kier molecular flexibility index (Phi) is 9.85. The number of fused-ring (bicyclic) bond motifs is 1. The van der Waals surface area contributed by atoms with E-state index in [1.54, 1.807) is 34.8 Å². The summed E-state index contributed by atoms with van der Waals surface area (Å²) in [4.78, 5) is 25.4. The molecule has 0 saturated carbocycles. The van der Waals surface area contributed by atoms with Gasteiger partial charge >= 0.3 is 0 Å². The van der Waals surface area contributed by atoms with Gasteiger partial charge in [-0.05, 0) is 81.0 Å². The highest BCUT2D eigenvalue weighted by molar-refractivity contribution is 7.89. The molecule has 1 aliphatic heterocycles. The lowest BCUT2D eigenvalue weighted by Crippen LogP contribution is -2.37. The minimum atomic E-state index is -3.69. The SMILES string of the molecule is CC1CCN(S(=O)(=O)c2ccc3nc(-c4ccccn4)cc(C(=O)NCCCN(Cc4ccccc4)C(C)C)c3c2)CC1. The standard InChI is InChI=1S/C34H41N5O3S/c1-25(2)38(24-27-10-5-4-6-11-27)19-9-18-36-34(40)30-23-33(32-12-7-8-17-35-32)37-31-14-13-28(22-29(30)31)43(41,42)39-20-15-26(3)16-21-39/h4-8,10-14,17,22-23,25-26H,9,15-16,18-21,24H2,1-3H3,(H,36,40). The quantitative estimate of drug-likeness (QED) is 0.221. The fourth-order valence-corrected chi connectivity index (χ4v) is 6.99. The third-order valence-corrected chi connectivity index (χ3v) is 10.1. The van der Waals surface area contributed by atoms with Gasteiger partial charge in [0.1, 0.15) is 0 Å². The highest BCUT2D eigenvalue weighted by Crippen LogP contribution is 2.29. The molecule has 1 aliphatic rings. The molecule has 0 radical (unpaired) electrons. The summed E-state index contributed by atoms with van der Waals surface area (Å²) in [6, 6.07) is 22.9. The molecule has 0 spiro atoms. The first-order chi connectivity index (χ1) is 20.7. The molecule has 226 valence electrons. The van der Waals surface area contributed by atoms with Gasteiger partial charge in [0.2, 0.25) is 10.0 Å². The van der Waals surface area contributed by atoms with Gasteiger partial charge in [0.05, 0.1) is 27.4 Å². The minimum Gasteiger partial charge on any atom is -0.352 e. The van der Waals surface area contributed by atoms with Crippen molar-refractivity contribution < 1.29 is 13.2 Å². The number of pyridine rings is 2. The van der Waals surface area contributed by atoms with Crippen LogP contribution in [-0.4, -0.2) is 65.7 Å². The van der Waals surface area contributed by atoms with E-state index in [2.05, 4.69) is 60.2 Å². The molecule has 1 amide bonds. The van der Waals surface area contributed by atoms with Crippen LogP contribution in [-0.2, 0) is 16.6 Å². The van der Waals surface area contributed by atoms with E-state index in [0.29, 0.717) is 59.4 Å². The van der Waals surface area contributed by atoms with Gasteiger partial charge in [0, 0.05) is 50.3 Å². The molecular formula is C34H41N5O3S. The second-order valence-electron chi connectivity index (χ2n) is 11.7. The third kappa shape index (κ3) is 7.47. The summed E-state index contributed by atoms with van der Waals surface area (Å²) in [6.45, 7) is 9.69. The van der Waals surface area contributed by atoms with E-state index in [0.717, 1.165) is 32.4 Å². The van der Waals surface area contributed by atoms with Crippen LogP contribution in [0, 0.1) is 5.92 Å². The molecule has 1 fully saturated rings. The maximum atomic E-state index is 13.7. The van der Waals surface area contributed by atoms with Crippen LogP contribution in [0.5, 0.6) is 0 Å². The largest absolute Gasteiger partial charge is 0.352 e. The van der Waals surface area contributed by atoms with Crippen molar-refractivity contribution in [2.45, 2.75) is 57.5 Å². The average molecular weight is 600 g/mol. The number of piperidine rings is 1. The van der Waals surface area contributed by atoms with Crippen LogP contribution in [0.3, 0.4) is 0 Å². The fraction of sp³-hybridized carbons (Fsp3) is 0.382. The van der Waals surface area contributed by atoms with Crippen molar-refractivity contribution in [1.29, 1.82) is 0 Å². The van der Waals surface area contributed by atoms with Crippen molar-refractivity contribution in [1.82, 2.24) is 24.5 Å². The van der Waals surface area contributed by atoms with E-state index in [9.17, 15) is 13.2 Å². The van der Waals surface area contributed by atoms with Gasteiger partial charge in [-0.25, -0.2) is 13.4 Å². The molecule has 9 heteroatoms. The molecule has 43 heavy (non-hydrogen) atoms. The zero-order valence-corrected chi connectivity index (χ0v) is 26.1. The number of nitrogens with zero attached hydrogens (tertiary/aromatic N) is 4. The average Bonchev–Trinajstić information content (AvgIpc) is 3.02. The Labute approximate surface area is 255 Å². The number of hydrogen-bond donors (Lipinski definition) is 1. The normalized spacial score (nSPS) is 14.9. The Bertz CT molecular complexity index is 1640. The van der Waals surface area contributed by atoms with E-state index >= 15 is 0 Å². The molecule has 3 heterocycles. The molecule has 2 aromatic heterocycles. The van der Waals surface area contributed by atoms with E-state index in [4.69, 9.17) is 4.98 Å². The summed E-state index contributed by atoms with van der Waals surface area (Å²) < 4.78 is 28.7. The molecule has 0 bridgehead atoms. The molecule has 0 aliphatic carbocycles. The van der Waals surface area contributed by atoms with Crippen molar-refractivity contribution >= 4 is 26.8 Å². The summed E-state index contributed by atoms with van der Waals surface area (Å²) in [7, 11) is -3.69. The van der Waals surface area contributed by atoms with Crippen LogP contribution >= 0.6 is 0 Å². The third-order valence-electron chi connectivity index (χ3n) is 8.20. The van der Waals surface area contributed by atoms with E-state index in [1.807, 2.05) is 24.3 Å². The van der Waals surface area contributed by atoms with Gasteiger partial charge in [-0.15, -0.1) is 0 Å². The Morgan fingerprint density at radius 2 is 1.74 bits per heavy atom. The first-order valence-electron chi connectivity index (χ1n) is 15.1. The summed E-state index contributed by atoms with van der Waals surface area (Å²) in [6.07, 6.45) is 4.15. The number of aromatic nitrogens is 2. The van der Waals surface area contributed by atoms with Crippen LogP contribution < -0.4 is 5.32 Å². The highest BCUT2D eigenvalue weighted by Gasteiger charge is 2.29. The summed E-state index contributed by atoms with van der Waals surface area (Å²) in [5, 5.41) is 3.59. The molecule has 2 aromatic carbocycles. The van der Waals surface area contributed by atoms with Gasteiger partial charge in [0.15, 0.2) is 0 Å². The van der Waals surface area contributed by atoms with Gasteiger partial charge in [0.25, 0.3) is 5.91 Å². The van der Waals surface area contributed by atoms with Crippen LogP contribution in [0.4, 0.5) is 0 Å². The number of carbonyl (C=O) groups is 1. The topological polar surface area (TPSA) is 95.5 Å². The second-order valence-corrected chi connectivity index (χ2v) is 13.6. The zero-order valence-electron chi connectivity index (χ0n) is 25.2. The predicted octanol–water partition coefficient (Wildman–Crippen LogP) is 5.75. The van der Waals surface area contributed by atoms with Gasteiger partial charge in [-0.3, -0.25) is 14.7 Å². The molecule has 0 unspecified atom stereocenters. The first-order valence-corrected chi connectivity index (χ1v) is 16.6. The van der Waals surface area contributed by atoms with Crippen molar-refractivity contribution in [2.75, 3.05) is 26.2 Å². The van der Waals surface area contributed by atoms with Crippen LogP contribution in [0.15, 0.2) is 83.9 Å². The number of carbonyl (C=O) groups excluding carboxylic acids is 1. The van der Waals surface area contributed by atoms with Crippen molar-refractivity contribution in [2.24, 2.45) is 5.92 Å². The van der Waals surface area contributed by atoms with E-state index in [1.165, 1.54) is 5.56 Å². The Morgan fingerprint density at radius 3 is 2.44 bits per heavy atom. The molecule has 4 aromatic rings. The van der Waals surface area contributed by atoms with Crippen LogP contribution in [0.2, 0.25) is 0 Å². The van der Waals surface area contributed by atoms with Gasteiger partial charge in [-0.1, -0.05) is 43.3 Å². The lowest BCUT2D eigenvalue weighted by Gasteiger charge is -2.29. The molecule has 0 atom stereocenters. The first kappa shape index (κ1) is 30.8. The number of hydrogen-bond acceptors (Lipinski definition) is 6. The van der Waals surface area contributed by atoms with Gasteiger partial charge < -0.3 is 5.32 Å². The summed E-state index contributed by atoms with van der Waals surface area (Å²) in [5.74, 6) is 0.253. The molecular weight excluding hydrogens is 558 g/mol. The highest BCUT2D eigenvalue weighted by atomic mass is 32.2. The van der Waals surface area contributed by atoms with E-state index in [-0.39, 0.29) is 10.8 Å². The second kappa shape index (κ2) is 13.8. The van der Waals surface area contributed by atoms with Crippen LogP contribution in [0.1, 0.15) is 56.0 Å².